The van der Waals surface area contributed by atoms with E-state index in [9.17, 15) is 4.79 Å². The monoisotopic (exact) mass is 391 g/mol. The average Bonchev–Trinajstić information content (AvgIpc) is 2.64. The number of hydrogen-bond acceptors (Lipinski definition) is 1. The van der Waals surface area contributed by atoms with Crippen molar-refractivity contribution >= 4 is 51.1 Å². The zero-order valence-corrected chi connectivity index (χ0v) is 12.8. The number of amides is 1. The van der Waals surface area contributed by atoms with Gasteiger partial charge in [0.25, 0.3) is 0 Å². The van der Waals surface area contributed by atoms with Crippen LogP contribution in [0.1, 0.15) is 10.4 Å². The van der Waals surface area contributed by atoms with Gasteiger partial charge in [-0.1, -0.05) is 0 Å². The van der Waals surface area contributed by atoms with Crippen molar-refractivity contribution in [3.8, 4) is 0 Å². The van der Waals surface area contributed by atoms with Crippen LogP contribution in [0.2, 0.25) is 5.02 Å². The third-order valence-electron chi connectivity index (χ3n) is 2.65. The Bertz CT molecular complexity index is 615. The van der Waals surface area contributed by atoms with Crippen LogP contribution in [0.15, 0.2) is 48.5 Å². The van der Waals surface area contributed by atoms with E-state index < -0.39 is 19.0 Å². The average molecular weight is 392 g/mol. The molecule has 1 amide bonds. The van der Waals surface area contributed by atoms with Gasteiger partial charge in [0.05, 0.1) is 0 Å². The number of nitrogens with zero attached hydrogens (tertiary/aromatic N) is 1. The van der Waals surface area contributed by atoms with E-state index in [0.717, 1.165) is 14.8 Å². The normalized spacial score (nSPS) is 16.0. The molecule has 1 aliphatic heterocycles. The Labute approximate surface area is 121 Å². The first kappa shape index (κ1) is 12.3. The van der Waals surface area contributed by atoms with Crippen molar-refractivity contribution in [2.45, 2.75) is 0 Å². The first-order valence-electron chi connectivity index (χ1n) is 5.24. The van der Waals surface area contributed by atoms with Gasteiger partial charge in [-0.15, -0.1) is 0 Å². The van der Waals surface area contributed by atoms with E-state index in [4.69, 9.17) is 20.5 Å². The molecule has 5 heteroatoms. The maximum atomic E-state index is 12.3. The number of hydrogen-bond donors (Lipinski definition) is 0. The topological polar surface area (TPSA) is 20.3 Å². The van der Waals surface area contributed by atoms with Crippen molar-refractivity contribution in [2.24, 2.45) is 0 Å². The first-order valence-corrected chi connectivity index (χ1v) is 10.4. The Morgan fingerprint density at radius 2 is 1.67 bits per heavy atom. The molecule has 2 aromatic carbocycles. The van der Waals surface area contributed by atoms with Crippen LogP contribution in [0.4, 0.5) is 5.69 Å². The van der Waals surface area contributed by atoms with Gasteiger partial charge in [0.2, 0.25) is 0 Å². The summed E-state index contributed by atoms with van der Waals surface area (Å²) in [7, 11) is 6.51. The SMILES string of the molecule is O=C1c2ccccc2I(Cl)N1c1ccc(Cl)cc1. The fraction of sp³-hybridized carbons (Fsp3) is 0. The van der Waals surface area contributed by atoms with Gasteiger partial charge in [-0.25, -0.2) is 0 Å². The predicted octanol–water partition coefficient (Wildman–Crippen LogP) is 4.75. The molecule has 0 aliphatic carbocycles. The molecule has 1 heterocycles. The summed E-state index contributed by atoms with van der Waals surface area (Å²) in [5.74, 6) is -0.00637. The van der Waals surface area contributed by atoms with E-state index in [1.807, 2.05) is 36.4 Å². The maximum absolute atomic E-state index is 12.3. The molecule has 0 saturated heterocycles. The van der Waals surface area contributed by atoms with Crippen LogP contribution >= 0.6 is 39.5 Å². The number of fused-ring (bicyclic) bond motifs is 1. The molecule has 0 fully saturated rings. The van der Waals surface area contributed by atoms with Gasteiger partial charge in [0, 0.05) is 0 Å². The van der Waals surface area contributed by atoms with Crippen LogP contribution < -0.4 is 3.11 Å². The number of halogens is 3. The second kappa shape index (κ2) is 4.72. The van der Waals surface area contributed by atoms with Crippen molar-refractivity contribution in [3.05, 3.63) is 62.7 Å². The number of carbonyl (C=O) groups excluding carboxylic acids is 1. The third-order valence-corrected chi connectivity index (χ3v) is 8.54. The minimum atomic E-state index is -2.14. The Morgan fingerprint density at radius 1 is 1.00 bits per heavy atom. The number of benzene rings is 2. The summed E-state index contributed by atoms with van der Waals surface area (Å²) in [6, 6.07) is 14.8. The summed E-state index contributed by atoms with van der Waals surface area (Å²) >= 11 is 3.72. The molecule has 0 saturated carbocycles. The van der Waals surface area contributed by atoms with E-state index >= 15 is 0 Å². The van der Waals surface area contributed by atoms with Crippen LogP contribution in [0.5, 0.6) is 0 Å². The van der Waals surface area contributed by atoms with Crippen LogP contribution in [0.25, 0.3) is 0 Å². The number of anilines is 1. The van der Waals surface area contributed by atoms with Crippen LogP contribution in [-0.2, 0) is 0 Å². The Kier molecular flexibility index (Phi) is 3.21. The summed E-state index contributed by atoms with van der Waals surface area (Å²) < 4.78 is 2.73. The van der Waals surface area contributed by atoms with Crippen molar-refractivity contribution in [3.63, 3.8) is 0 Å². The van der Waals surface area contributed by atoms with E-state index in [-0.39, 0.29) is 5.91 Å². The predicted molar refractivity (Wildman–Crippen MR) is 83.3 cm³/mol. The van der Waals surface area contributed by atoms with E-state index in [2.05, 4.69) is 0 Å². The van der Waals surface area contributed by atoms with Crippen LogP contribution in [0, 0.1) is 3.57 Å². The summed E-state index contributed by atoms with van der Waals surface area (Å²) in [6.45, 7) is 0. The summed E-state index contributed by atoms with van der Waals surface area (Å²) in [5, 5.41) is 0.651. The van der Waals surface area contributed by atoms with Crippen molar-refractivity contribution in [1.29, 1.82) is 0 Å². The van der Waals surface area contributed by atoms with Gasteiger partial charge >= 0.3 is 122 Å². The molecule has 0 atom stereocenters. The van der Waals surface area contributed by atoms with Gasteiger partial charge in [-0.2, -0.15) is 0 Å². The van der Waals surface area contributed by atoms with Gasteiger partial charge < -0.3 is 0 Å². The second-order valence-electron chi connectivity index (χ2n) is 3.76. The van der Waals surface area contributed by atoms with Gasteiger partial charge in [0.1, 0.15) is 0 Å². The molecule has 0 aromatic heterocycles. The number of rotatable bonds is 1. The van der Waals surface area contributed by atoms with Crippen LogP contribution in [-0.4, -0.2) is 5.91 Å². The molecule has 1 aliphatic rings. The second-order valence-corrected chi connectivity index (χ2v) is 9.40. The molecule has 0 radical (unpaired) electrons. The molecular formula is C13H8Cl2INO. The quantitative estimate of drug-likeness (QED) is 0.507. The Hall–Kier alpha value is -0.780. The van der Waals surface area contributed by atoms with Crippen molar-refractivity contribution < 1.29 is 4.79 Å². The fourth-order valence-electron chi connectivity index (χ4n) is 1.81. The Balaban J connectivity index is 2.06. The minimum absolute atomic E-state index is 0.00637. The van der Waals surface area contributed by atoms with Gasteiger partial charge in [-0.05, 0) is 0 Å². The molecule has 92 valence electrons. The van der Waals surface area contributed by atoms with Crippen molar-refractivity contribution in [2.75, 3.05) is 3.11 Å². The molecule has 2 aromatic rings. The van der Waals surface area contributed by atoms with Crippen molar-refractivity contribution in [1.82, 2.24) is 0 Å². The van der Waals surface area contributed by atoms with Gasteiger partial charge in [0.15, 0.2) is 0 Å². The first-order chi connectivity index (χ1) is 8.68. The van der Waals surface area contributed by atoms with E-state index in [1.54, 1.807) is 15.2 Å². The van der Waals surface area contributed by atoms with E-state index in [0.29, 0.717) is 5.02 Å². The zero-order valence-electron chi connectivity index (χ0n) is 9.11. The third kappa shape index (κ3) is 1.90. The molecule has 0 unspecified atom stereocenters. The molecule has 3 rings (SSSR count). The molecule has 0 spiro atoms. The Morgan fingerprint density at radius 3 is 2.33 bits per heavy atom. The van der Waals surface area contributed by atoms with Gasteiger partial charge in [-0.3, -0.25) is 0 Å². The fourth-order valence-corrected chi connectivity index (χ4v) is 7.02. The summed E-state index contributed by atoms with van der Waals surface area (Å²) in [5.41, 5.74) is 1.55. The molecule has 18 heavy (non-hydrogen) atoms. The number of carbonyl (C=O) groups is 1. The standard InChI is InChI=1S/C13H8Cl2INO/c14-9-5-7-10(8-6-9)17-13(18)11-3-1-2-4-12(11)16(17)15/h1-8H. The van der Waals surface area contributed by atoms with E-state index in [1.165, 1.54) is 0 Å². The summed E-state index contributed by atoms with van der Waals surface area (Å²) in [6.07, 6.45) is 0. The molecule has 0 N–H and O–H groups in total. The van der Waals surface area contributed by atoms with Crippen LogP contribution in [0.3, 0.4) is 0 Å². The molecular weight excluding hydrogens is 384 g/mol. The molecule has 2 nitrogen and oxygen atoms in total. The molecule has 0 bridgehead atoms. The zero-order chi connectivity index (χ0) is 12.7. The summed E-state index contributed by atoms with van der Waals surface area (Å²) in [4.78, 5) is 12.3.